The van der Waals surface area contributed by atoms with Crippen molar-refractivity contribution in [3.8, 4) is 0 Å². The van der Waals surface area contributed by atoms with Crippen molar-refractivity contribution in [2.24, 2.45) is 0 Å². The summed E-state index contributed by atoms with van der Waals surface area (Å²) in [5.74, 6) is -0.706. The minimum atomic E-state index is -0.706. The molecule has 0 radical (unpaired) electrons. The molecule has 0 aliphatic carbocycles. The molecule has 2 nitrogen and oxygen atoms in total. The zero-order chi connectivity index (χ0) is 17.7. The lowest BCUT2D eigenvalue weighted by atomic mass is 10.1. The SMILES string of the molecule is CCCCCCCCCC/C=C\C/C=C\C/C=C\CCCC(=O)O. The Labute approximate surface area is 149 Å². The smallest absolute Gasteiger partial charge is 0.303 e. The Morgan fingerprint density at radius 1 is 0.667 bits per heavy atom. The van der Waals surface area contributed by atoms with Crippen molar-refractivity contribution in [2.45, 2.75) is 96.8 Å². The predicted octanol–water partition coefficient (Wildman–Crippen LogP) is 7.22. The van der Waals surface area contributed by atoms with Crippen LogP contribution < -0.4 is 0 Å². The van der Waals surface area contributed by atoms with Gasteiger partial charge < -0.3 is 5.11 Å². The lowest BCUT2D eigenvalue weighted by molar-refractivity contribution is -0.137. The molecule has 0 aromatic carbocycles. The van der Waals surface area contributed by atoms with Gasteiger partial charge in [-0.05, 0) is 38.5 Å². The van der Waals surface area contributed by atoms with Crippen molar-refractivity contribution < 1.29 is 9.90 Å². The molecular formula is C22H38O2. The Balaban J connectivity index is 3.27. The molecule has 0 saturated heterocycles. The Morgan fingerprint density at radius 3 is 1.67 bits per heavy atom. The van der Waals surface area contributed by atoms with Gasteiger partial charge in [0.1, 0.15) is 0 Å². The standard InChI is InChI=1S/C22H38O2/c1-2-3-4-5-6-7-8-9-10-11-12-13-14-15-16-17-18-19-20-21-22(23)24/h11-12,14-15,17-18H,2-10,13,16,19-21H2,1H3,(H,23,24)/b12-11-,15-14-,18-17-. The first-order chi connectivity index (χ1) is 11.8. The maximum atomic E-state index is 10.3. The molecule has 0 aliphatic rings. The second-order valence-electron chi connectivity index (χ2n) is 6.44. The van der Waals surface area contributed by atoms with Gasteiger partial charge in [-0.2, -0.15) is 0 Å². The average Bonchev–Trinajstić information content (AvgIpc) is 2.56. The molecule has 0 atom stereocenters. The topological polar surface area (TPSA) is 37.3 Å². The summed E-state index contributed by atoms with van der Waals surface area (Å²) in [6.45, 7) is 2.27. The van der Waals surface area contributed by atoms with Crippen molar-refractivity contribution in [3.63, 3.8) is 0 Å². The molecule has 0 amide bonds. The van der Waals surface area contributed by atoms with E-state index in [4.69, 9.17) is 5.11 Å². The minimum absolute atomic E-state index is 0.268. The van der Waals surface area contributed by atoms with Crippen molar-refractivity contribution >= 4 is 5.97 Å². The van der Waals surface area contributed by atoms with Crippen molar-refractivity contribution in [3.05, 3.63) is 36.5 Å². The molecule has 0 spiro atoms. The first-order valence-corrected chi connectivity index (χ1v) is 9.94. The molecule has 0 heterocycles. The van der Waals surface area contributed by atoms with Crippen LogP contribution in [0.4, 0.5) is 0 Å². The van der Waals surface area contributed by atoms with Gasteiger partial charge in [0.05, 0.1) is 0 Å². The fraction of sp³-hybridized carbons (Fsp3) is 0.682. The Morgan fingerprint density at radius 2 is 1.12 bits per heavy atom. The van der Waals surface area contributed by atoms with Crippen LogP contribution in [-0.2, 0) is 4.79 Å². The summed E-state index contributed by atoms with van der Waals surface area (Å²) in [6, 6.07) is 0. The van der Waals surface area contributed by atoms with Crippen molar-refractivity contribution in [2.75, 3.05) is 0 Å². The molecule has 0 fully saturated rings. The number of aliphatic carboxylic acids is 1. The van der Waals surface area contributed by atoms with Crippen LogP contribution >= 0.6 is 0 Å². The van der Waals surface area contributed by atoms with E-state index in [0.29, 0.717) is 0 Å². The molecular weight excluding hydrogens is 296 g/mol. The minimum Gasteiger partial charge on any atom is -0.481 e. The number of rotatable bonds is 17. The van der Waals surface area contributed by atoms with Crippen LogP contribution in [0.3, 0.4) is 0 Å². The maximum absolute atomic E-state index is 10.3. The number of hydrogen-bond donors (Lipinski definition) is 1. The lowest BCUT2D eigenvalue weighted by Crippen LogP contribution is -1.92. The van der Waals surface area contributed by atoms with Crippen LogP contribution in [0.2, 0.25) is 0 Å². The van der Waals surface area contributed by atoms with E-state index in [1.54, 1.807) is 0 Å². The lowest BCUT2D eigenvalue weighted by Gasteiger charge is -1.99. The van der Waals surface area contributed by atoms with Crippen LogP contribution in [0.1, 0.15) is 96.8 Å². The van der Waals surface area contributed by atoms with Crippen molar-refractivity contribution in [1.29, 1.82) is 0 Å². The molecule has 0 aromatic rings. The number of allylic oxidation sites excluding steroid dienone is 6. The first kappa shape index (κ1) is 22.7. The van der Waals surface area contributed by atoms with Gasteiger partial charge in [-0.25, -0.2) is 0 Å². The fourth-order valence-electron chi connectivity index (χ4n) is 2.54. The molecule has 2 heteroatoms. The highest BCUT2D eigenvalue weighted by molar-refractivity contribution is 5.66. The molecule has 0 unspecified atom stereocenters. The van der Waals surface area contributed by atoms with E-state index >= 15 is 0 Å². The van der Waals surface area contributed by atoms with Crippen LogP contribution in [0.25, 0.3) is 0 Å². The molecule has 24 heavy (non-hydrogen) atoms. The van der Waals surface area contributed by atoms with Crippen molar-refractivity contribution in [1.82, 2.24) is 0 Å². The Hall–Kier alpha value is -1.31. The van der Waals surface area contributed by atoms with E-state index in [0.717, 1.165) is 25.7 Å². The highest BCUT2D eigenvalue weighted by atomic mass is 16.4. The second-order valence-corrected chi connectivity index (χ2v) is 6.44. The third kappa shape index (κ3) is 20.7. The highest BCUT2D eigenvalue weighted by Crippen LogP contribution is 2.09. The third-order valence-electron chi connectivity index (χ3n) is 4.03. The molecule has 138 valence electrons. The predicted molar refractivity (Wildman–Crippen MR) is 105 cm³/mol. The molecule has 0 bridgehead atoms. The summed E-state index contributed by atoms with van der Waals surface area (Å²) in [5, 5.41) is 8.52. The molecule has 1 N–H and O–H groups in total. The monoisotopic (exact) mass is 334 g/mol. The zero-order valence-electron chi connectivity index (χ0n) is 15.7. The number of carboxylic acids is 1. The van der Waals surface area contributed by atoms with Gasteiger partial charge in [0.25, 0.3) is 0 Å². The Kier molecular flexibility index (Phi) is 18.7. The van der Waals surface area contributed by atoms with E-state index in [2.05, 4.69) is 43.4 Å². The second kappa shape index (κ2) is 19.7. The van der Waals surface area contributed by atoms with E-state index in [-0.39, 0.29) is 6.42 Å². The van der Waals surface area contributed by atoms with Gasteiger partial charge in [0.15, 0.2) is 0 Å². The average molecular weight is 335 g/mol. The molecule has 0 aromatic heterocycles. The summed E-state index contributed by atoms with van der Waals surface area (Å²) >= 11 is 0. The first-order valence-electron chi connectivity index (χ1n) is 9.94. The third-order valence-corrected chi connectivity index (χ3v) is 4.03. The largest absolute Gasteiger partial charge is 0.481 e. The fourth-order valence-corrected chi connectivity index (χ4v) is 2.54. The van der Waals surface area contributed by atoms with Gasteiger partial charge in [-0.15, -0.1) is 0 Å². The molecule has 0 rings (SSSR count). The number of carbonyl (C=O) groups is 1. The molecule has 0 saturated carbocycles. The normalized spacial score (nSPS) is 12.0. The van der Waals surface area contributed by atoms with Crippen LogP contribution in [0.5, 0.6) is 0 Å². The number of carboxylic acid groups (broad SMARTS) is 1. The quantitative estimate of drug-likeness (QED) is 0.225. The molecule has 0 aliphatic heterocycles. The zero-order valence-corrected chi connectivity index (χ0v) is 15.7. The summed E-state index contributed by atoms with van der Waals surface area (Å²) in [7, 11) is 0. The van der Waals surface area contributed by atoms with Gasteiger partial charge in [0, 0.05) is 6.42 Å². The van der Waals surface area contributed by atoms with Gasteiger partial charge in [-0.1, -0.05) is 88.3 Å². The van der Waals surface area contributed by atoms with E-state index in [1.165, 1.54) is 57.8 Å². The maximum Gasteiger partial charge on any atom is 0.303 e. The van der Waals surface area contributed by atoms with E-state index < -0.39 is 5.97 Å². The number of unbranched alkanes of at least 4 members (excludes halogenated alkanes) is 9. The summed E-state index contributed by atoms with van der Waals surface area (Å²) in [5.41, 5.74) is 0. The Bertz CT molecular complexity index is 353. The highest BCUT2D eigenvalue weighted by Gasteiger charge is 1.92. The van der Waals surface area contributed by atoms with Crippen LogP contribution in [0.15, 0.2) is 36.5 Å². The van der Waals surface area contributed by atoms with Gasteiger partial charge >= 0.3 is 5.97 Å². The van der Waals surface area contributed by atoms with E-state index in [1.807, 2.05) is 0 Å². The van der Waals surface area contributed by atoms with Gasteiger partial charge in [-0.3, -0.25) is 4.79 Å². The van der Waals surface area contributed by atoms with Crippen LogP contribution in [-0.4, -0.2) is 11.1 Å². The van der Waals surface area contributed by atoms with Gasteiger partial charge in [0.2, 0.25) is 0 Å². The van der Waals surface area contributed by atoms with Crippen LogP contribution in [0, 0.1) is 0 Å². The summed E-state index contributed by atoms with van der Waals surface area (Å²) in [6.07, 6.45) is 29.3. The number of hydrogen-bond acceptors (Lipinski definition) is 1. The summed E-state index contributed by atoms with van der Waals surface area (Å²) in [4.78, 5) is 10.3. The summed E-state index contributed by atoms with van der Waals surface area (Å²) < 4.78 is 0. The van der Waals surface area contributed by atoms with E-state index in [9.17, 15) is 4.79 Å².